The molecule has 0 spiro atoms. The minimum Gasteiger partial charge on any atom is -0.465 e. The van der Waals surface area contributed by atoms with Crippen molar-refractivity contribution in [2.24, 2.45) is 0 Å². The van der Waals surface area contributed by atoms with Gasteiger partial charge in [0.25, 0.3) is 0 Å². The predicted molar refractivity (Wildman–Crippen MR) is 84.7 cm³/mol. The molecule has 0 saturated carbocycles. The van der Waals surface area contributed by atoms with E-state index in [1.807, 2.05) is 25.1 Å². The maximum Gasteiger partial charge on any atom is 0.131 e. The molecule has 1 fully saturated rings. The van der Waals surface area contributed by atoms with E-state index in [1.54, 1.807) is 6.20 Å². The molecule has 5 heteroatoms. The zero-order valence-electron chi connectivity index (χ0n) is 12.2. The van der Waals surface area contributed by atoms with Gasteiger partial charge < -0.3 is 9.73 Å². The second-order valence-electron chi connectivity index (χ2n) is 5.46. The Kier molecular flexibility index (Phi) is 4.46. The number of hydrogen-bond donors (Lipinski definition) is 1. The van der Waals surface area contributed by atoms with Crippen molar-refractivity contribution in [2.45, 2.75) is 25.8 Å². The molecule has 0 bridgehead atoms. The van der Waals surface area contributed by atoms with Crippen LogP contribution in [0.25, 0.3) is 0 Å². The average Bonchev–Trinajstić information content (AvgIpc) is 3.12. The first-order chi connectivity index (χ1) is 10.2. The van der Waals surface area contributed by atoms with Gasteiger partial charge in [0.05, 0.1) is 6.04 Å². The first-order valence-corrected chi connectivity index (χ1v) is 7.76. The van der Waals surface area contributed by atoms with E-state index in [9.17, 15) is 0 Å². The molecule has 21 heavy (non-hydrogen) atoms. The van der Waals surface area contributed by atoms with Crippen LogP contribution in [0.15, 0.2) is 34.9 Å². The zero-order chi connectivity index (χ0) is 14.7. The van der Waals surface area contributed by atoms with E-state index < -0.39 is 0 Å². The lowest BCUT2D eigenvalue weighted by Crippen LogP contribution is -2.30. The van der Waals surface area contributed by atoms with Crippen molar-refractivity contribution < 1.29 is 4.42 Å². The Labute approximate surface area is 130 Å². The number of likely N-dealkylation sites (tertiary alicyclic amines) is 1. The SMILES string of the molecule is Cc1ccc(C(CNc2ccnc(Cl)c2)N2CCCC2)o1. The quantitative estimate of drug-likeness (QED) is 0.851. The smallest absolute Gasteiger partial charge is 0.131 e. The van der Waals surface area contributed by atoms with Crippen molar-refractivity contribution in [3.8, 4) is 0 Å². The fourth-order valence-corrected chi connectivity index (χ4v) is 3.00. The molecule has 112 valence electrons. The molecule has 3 heterocycles. The molecule has 0 radical (unpaired) electrons. The molecular weight excluding hydrogens is 286 g/mol. The van der Waals surface area contributed by atoms with Crippen molar-refractivity contribution in [1.29, 1.82) is 0 Å². The van der Waals surface area contributed by atoms with Crippen molar-refractivity contribution in [3.05, 3.63) is 47.1 Å². The van der Waals surface area contributed by atoms with Gasteiger partial charge in [-0.15, -0.1) is 0 Å². The van der Waals surface area contributed by atoms with Crippen molar-refractivity contribution in [2.75, 3.05) is 25.0 Å². The highest BCUT2D eigenvalue weighted by Gasteiger charge is 2.25. The van der Waals surface area contributed by atoms with Crippen molar-refractivity contribution >= 4 is 17.3 Å². The Morgan fingerprint density at radius 2 is 2.14 bits per heavy atom. The van der Waals surface area contributed by atoms with Gasteiger partial charge in [0.1, 0.15) is 16.7 Å². The summed E-state index contributed by atoms with van der Waals surface area (Å²) in [6, 6.07) is 8.14. The molecule has 0 aliphatic carbocycles. The number of aryl methyl sites for hydroxylation is 1. The Morgan fingerprint density at radius 3 is 2.81 bits per heavy atom. The highest BCUT2D eigenvalue weighted by Crippen LogP contribution is 2.27. The molecule has 1 unspecified atom stereocenters. The molecule has 3 rings (SSSR count). The zero-order valence-corrected chi connectivity index (χ0v) is 12.9. The molecular formula is C16H20ClN3O. The van der Waals surface area contributed by atoms with Gasteiger partial charge in [-0.1, -0.05) is 11.6 Å². The molecule has 0 amide bonds. The summed E-state index contributed by atoms with van der Waals surface area (Å²) in [5.41, 5.74) is 0.988. The Balaban J connectivity index is 1.73. The van der Waals surface area contributed by atoms with Gasteiger partial charge in [-0.3, -0.25) is 4.90 Å². The standard InChI is InChI=1S/C16H20ClN3O/c1-12-4-5-15(21-12)14(20-8-2-3-9-20)11-19-13-6-7-18-16(17)10-13/h4-7,10,14H,2-3,8-9,11H2,1H3,(H,18,19). The monoisotopic (exact) mass is 305 g/mol. The molecule has 1 aliphatic rings. The van der Waals surface area contributed by atoms with Gasteiger partial charge in [-0.05, 0) is 57.1 Å². The highest BCUT2D eigenvalue weighted by atomic mass is 35.5. The molecule has 4 nitrogen and oxygen atoms in total. The van der Waals surface area contributed by atoms with Crippen LogP contribution in [0.3, 0.4) is 0 Å². The molecule has 1 aliphatic heterocycles. The number of anilines is 1. The van der Waals surface area contributed by atoms with Crippen LogP contribution in [0.5, 0.6) is 0 Å². The first kappa shape index (κ1) is 14.4. The number of rotatable bonds is 5. The van der Waals surface area contributed by atoms with Crippen LogP contribution < -0.4 is 5.32 Å². The number of furan rings is 1. The normalized spacial score (nSPS) is 17.0. The maximum absolute atomic E-state index is 5.93. The lowest BCUT2D eigenvalue weighted by Gasteiger charge is -2.26. The number of aromatic nitrogens is 1. The number of nitrogens with one attached hydrogen (secondary N) is 1. The van der Waals surface area contributed by atoms with E-state index in [4.69, 9.17) is 16.0 Å². The van der Waals surface area contributed by atoms with Gasteiger partial charge in [0, 0.05) is 18.4 Å². The van der Waals surface area contributed by atoms with Gasteiger partial charge in [0.15, 0.2) is 0 Å². The Hall–Kier alpha value is -1.52. The Bertz CT molecular complexity index is 593. The third-order valence-electron chi connectivity index (χ3n) is 3.90. The molecule has 1 N–H and O–H groups in total. The van der Waals surface area contributed by atoms with Gasteiger partial charge in [-0.2, -0.15) is 0 Å². The van der Waals surface area contributed by atoms with Crippen LogP contribution in [0.2, 0.25) is 5.15 Å². The summed E-state index contributed by atoms with van der Waals surface area (Å²) >= 11 is 5.93. The van der Waals surface area contributed by atoms with Gasteiger partial charge in [0.2, 0.25) is 0 Å². The number of hydrogen-bond acceptors (Lipinski definition) is 4. The minimum atomic E-state index is 0.258. The summed E-state index contributed by atoms with van der Waals surface area (Å²) in [6.45, 7) is 5.04. The maximum atomic E-state index is 5.93. The van der Waals surface area contributed by atoms with Crippen LogP contribution in [-0.2, 0) is 0 Å². The summed E-state index contributed by atoms with van der Waals surface area (Å²) < 4.78 is 5.85. The second kappa shape index (κ2) is 6.50. The van der Waals surface area contributed by atoms with E-state index in [0.29, 0.717) is 5.15 Å². The predicted octanol–water partition coefficient (Wildman–Crippen LogP) is 3.89. The minimum absolute atomic E-state index is 0.258. The summed E-state index contributed by atoms with van der Waals surface area (Å²) in [5, 5.41) is 3.95. The van der Waals surface area contributed by atoms with E-state index in [0.717, 1.165) is 36.8 Å². The number of nitrogens with zero attached hydrogens (tertiary/aromatic N) is 2. The third-order valence-corrected chi connectivity index (χ3v) is 4.10. The van der Waals surface area contributed by atoms with Crippen molar-refractivity contribution in [1.82, 2.24) is 9.88 Å². The highest BCUT2D eigenvalue weighted by molar-refractivity contribution is 6.29. The second-order valence-corrected chi connectivity index (χ2v) is 5.84. The molecule has 2 aromatic heterocycles. The van der Waals surface area contributed by atoms with Crippen LogP contribution in [0.1, 0.15) is 30.4 Å². The molecule has 2 aromatic rings. The number of halogens is 1. The summed E-state index contributed by atoms with van der Waals surface area (Å²) in [4.78, 5) is 6.48. The van der Waals surface area contributed by atoms with Gasteiger partial charge >= 0.3 is 0 Å². The third kappa shape index (κ3) is 3.57. The van der Waals surface area contributed by atoms with Crippen LogP contribution in [0, 0.1) is 6.92 Å². The van der Waals surface area contributed by atoms with E-state index in [-0.39, 0.29) is 6.04 Å². The number of pyridine rings is 1. The van der Waals surface area contributed by atoms with Crippen LogP contribution in [0.4, 0.5) is 5.69 Å². The van der Waals surface area contributed by atoms with E-state index in [1.165, 1.54) is 12.8 Å². The van der Waals surface area contributed by atoms with Crippen molar-refractivity contribution in [3.63, 3.8) is 0 Å². The van der Waals surface area contributed by atoms with E-state index in [2.05, 4.69) is 21.3 Å². The molecule has 1 saturated heterocycles. The average molecular weight is 306 g/mol. The summed E-state index contributed by atoms with van der Waals surface area (Å²) in [5.74, 6) is 1.99. The van der Waals surface area contributed by atoms with Crippen LogP contribution in [-0.4, -0.2) is 29.5 Å². The van der Waals surface area contributed by atoms with Crippen LogP contribution >= 0.6 is 11.6 Å². The largest absolute Gasteiger partial charge is 0.465 e. The topological polar surface area (TPSA) is 41.3 Å². The summed E-state index contributed by atoms with van der Waals surface area (Å²) in [7, 11) is 0. The fourth-order valence-electron chi connectivity index (χ4n) is 2.82. The Morgan fingerprint density at radius 1 is 1.33 bits per heavy atom. The van der Waals surface area contributed by atoms with E-state index >= 15 is 0 Å². The lowest BCUT2D eigenvalue weighted by molar-refractivity contribution is 0.223. The summed E-state index contributed by atoms with van der Waals surface area (Å²) in [6.07, 6.45) is 4.24. The lowest BCUT2D eigenvalue weighted by atomic mass is 10.2. The van der Waals surface area contributed by atoms with Gasteiger partial charge in [-0.25, -0.2) is 4.98 Å². The first-order valence-electron chi connectivity index (χ1n) is 7.38. The molecule has 0 aromatic carbocycles. The fraction of sp³-hybridized carbons (Fsp3) is 0.438. The molecule has 1 atom stereocenters.